The fourth-order valence-electron chi connectivity index (χ4n) is 2.39. The molecule has 3 nitrogen and oxygen atoms in total. The number of rotatable bonds is 5. The fourth-order valence-corrected chi connectivity index (χ4v) is 2.52. The summed E-state index contributed by atoms with van der Waals surface area (Å²) in [6, 6.07) is 7.98. The van der Waals surface area contributed by atoms with Gasteiger partial charge in [-0.05, 0) is 31.0 Å². The maximum absolute atomic E-state index is 6.18. The lowest BCUT2D eigenvalue weighted by molar-refractivity contribution is 0.478. The van der Waals surface area contributed by atoms with Gasteiger partial charge in [0.1, 0.15) is 5.82 Å². The SMILES string of the molecule is CCCc1nccn1C(c1ccc(Cl)cc1)C(C)N. The highest BCUT2D eigenvalue weighted by molar-refractivity contribution is 6.30. The minimum atomic E-state index is 0.00554. The van der Waals surface area contributed by atoms with Crippen molar-refractivity contribution in [3.63, 3.8) is 0 Å². The summed E-state index contributed by atoms with van der Waals surface area (Å²) >= 11 is 5.95. The maximum atomic E-state index is 6.18. The molecule has 2 atom stereocenters. The highest BCUT2D eigenvalue weighted by atomic mass is 35.5. The Bertz CT molecular complexity index is 516. The van der Waals surface area contributed by atoms with E-state index in [1.165, 1.54) is 0 Å². The normalized spacial score (nSPS) is 14.3. The van der Waals surface area contributed by atoms with Crippen LogP contribution in [-0.4, -0.2) is 15.6 Å². The molecule has 19 heavy (non-hydrogen) atoms. The van der Waals surface area contributed by atoms with Gasteiger partial charge in [0.25, 0.3) is 0 Å². The van der Waals surface area contributed by atoms with E-state index in [0.29, 0.717) is 0 Å². The van der Waals surface area contributed by atoms with Crippen LogP contribution in [0.1, 0.15) is 37.7 Å². The second-order valence-electron chi connectivity index (χ2n) is 4.86. The van der Waals surface area contributed by atoms with Gasteiger partial charge in [0.05, 0.1) is 6.04 Å². The van der Waals surface area contributed by atoms with E-state index in [4.69, 9.17) is 17.3 Å². The average Bonchev–Trinajstić information content (AvgIpc) is 2.80. The summed E-state index contributed by atoms with van der Waals surface area (Å²) in [6.07, 6.45) is 5.89. The zero-order valence-corrected chi connectivity index (χ0v) is 12.1. The zero-order valence-electron chi connectivity index (χ0n) is 11.4. The summed E-state index contributed by atoms with van der Waals surface area (Å²) < 4.78 is 2.18. The van der Waals surface area contributed by atoms with E-state index in [1.807, 2.05) is 43.6 Å². The molecule has 0 aliphatic heterocycles. The topological polar surface area (TPSA) is 43.8 Å². The highest BCUT2D eigenvalue weighted by Crippen LogP contribution is 2.24. The van der Waals surface area contributed by atoms with Crippen molar-refractivity contribution in [2.24, 2.45) is 5.73 Å². The molecule has 2 rings (SSSR count). The first-order chi connectivity index (χ1) is 9.13. The smallest absolute Gasteiger partial charge is 0.109 e. The zero-order chi connectivity index (χ0) is 13.8. The number of aryl methyl sites for hydroxylation is 1. The first-order valence-electron chi connectivity index (χ1n) is 6.66. The van der Waals surface area contributed by atoms with E-state index < -0.39 is 0 Å². The van der Waals surface area contributed by atoms with Crippen LogP contribution in [0.25, 0.3) is 0 Å². The molecule has 1 aromatic carbocycles. The number of aromatic nitrogens is 2. The number of imidazole rings is 1. The lowest BCUT2D eigenvalue weighted by Gasteiger charge is -2.25. The first-order valence-corrected chi connectivity index (χ1v) is 7.04. The Kier molecular flexibility index (Phi) is 4.61. The average molecular weight is 278 g/mol. The molecule has 0 aliphatic carbocycles. The van der Waals surface area contributed by atoms with Gasteiger partial charge < -0.3 is 10.3 Å². The maximum Gasteiger partial charge on any atom is 0.109 e. The van der Waals surface area contributed by atoms with Crippen molar-refractivity contribution in [2.75, 3.05) is 0 Å². The van der Waals surface area contributed by atoms with Crippen molar-refractivity contribution >= 4 is 11.6 Å². The molecular formula is C15H20ClN3. The van der Waals surface area contributed by atoms with Gasteiger partial charge in [-0.25, -0.2) is 4.98 Å². The molecule has 1 aromatic heterocycles. The van der Waals surface area contributed by atoms with Crippen molar-refractivity contribution in [1.82, 2.24) is 9.55 Å². The second kappa shape index (κ2) is 6.22. The van der Waals surface area contributed by atoms with Gasteiger partial charge in [-0.15, -0.1) is 0 Å². The van der Waals surface area contributed by atoms with Crippen LogP contribution < -0.4 is 5.73 Å². The van der Waals surface area contributed by atoms with E-state index in [1.54, 1.807) is 0 Å². The van der Waals surface area contributed by atoms with Gasteiger partial charge in [-0.3, -0.25) is 0 Å². The Morgan fingerprint density at radius 1 is 1.32 bits per heavy atom. The van der Waals surface area contributed by atoms with Gasteiger partial charge in [-0.1, -0.05) is 30.7 Å². The quantitative estimate of drug-likeness (QED) is 0.910. The Hall–Kier alpha value is -1.32. The number of halogens is 1. The third kappa shape index (κ3) is 3.17. The highest BCUT2D eigenvalue weighted by Gasteiger charge is 2.20. The minimum Gasteiger partial charge on any atom is -0.326 e. The van der Waals surface area contributed by atoms with Crippen molar-refractivity contribution in [3.05, 3.63) is 53.1 Å². The third-order valence-corrected chi connectivity index (χ3v) is 3.48. The third-order valence-electron chi connectivity index (χ3n) is 3.23. The summed E-state index contributed by atoms with van der Waals surface area (Å²) in [6.45, 7) is 4.18. The molecular weight excluding hydrogens is 258 g/mol. The van der Waals surface area contributed by atoms with Crippen molar-refractivity contribution in [3.8, 4) is 0 Å². The molecule has 0 aliphatic rings. The number of hydrogen-bond donors (Lipinski definition) is 1. The number of nitrogens with zero attached hydrogens (tertiary/aromatic N) is 2. The van der Waals surface area contributed by atoms with E-state index in [2.05, 4.69) is 16.5 Å². The molecule has 0 amide bonds. The molecule has 0 radical (unpaired) electrons. The van der Waals surface area contributed by atoms with Gasteiger partial charge >= 0.3 is 0 Å². The Labute approximate surface area is 119 Å². The molecule has 2 N–H and O–H groups in total. The summed E-state index contributed by atoms with van der Waals surface area (Å²) in [7, 11) is 0. The van der Waals surface area contributed by atoms with Crippen LogP contribution in [-0.2, 0) is 6.42 Å². The molecule has 2 unspecified atom stereocenters. The Morgan fingerprint density at radius 3 is 2.58 bits per heavy atom. The Morgan fingerprint density at radius 2 is 2.00 bits per heavy atom. The molecule has 0 spiro atoms. The monoisotopic (exact) mass is 277 g/mol. The van der Waals surface area contributed by atoms with Crippen LogP contribution in [0.15, 0.2) is 36.7 Å². The van der Waals surface area contributed by atoms with Crippen LogP contribution >= 0.6 is 11.6 Å². The molecule has 2 aromatic rings. The Balaban J connectivity index is 2.39. The number of nitrogens with two attached hydrogens (primary N) is 1. The van der Waals surface area contributed by atoms with E-state index in [0.717, 1.165) is 29.3 Å². The number of benzene rings is 1. The predicted octanol–water partition coefficient (Wildman–Crippen LogP) is 3.43. The van der Waals surface area contributed by atoms with Crippen LogP contribution in [0.4, 0.5) is 0 Å². The van der Waals surface area contributed by atoms with Crippen LogP contribution in [0.3, 0.4) is 0 Å². The molecule has 102 valence electrons. The first kappa shape index (κ1) is 14.1. The minimum absolute atomic E-state index is 0.00554. The number of hydrogen-bond acceptors (Lipinski definition) is 2. The predicted molar refractivity (Wildman–Crippen MR) is 79.5 cm³/mol. The van der Waals surface area contributed by atoms with Crippen LogP contribution in [0.2, 0.25) is 5.02 Å². The van der Waals surface area contributed by atoms with E-state index in [9.17, 15) is 0 Å². The summed E-state index contributed by atoms with van der Waals surface area (Å²) in [5.74, 6) is 1.08. The van der Waals surface area contributed by atoms with Crippen molar-refractivity contribution in [1.29, 1.82) is 0 Å². The van der Waals surface area contributed by atoms with E-state index in [-0.39, 0.29) is 12.1 Å². The summed E-state index contributed by atoms with van der Waals surface area (Å²) in [5, 5.41) is 0.742. The summed E-state index contributed by atoms with van der Waals surface area (Å²) in [5.41, 5.74) is 7.34. The largest absolute Gasteiger partial charge is 0.326 e. The standard InChI is InChI=1S/C15H20ClN3/c1-3-4-14-18-9-10-19(14)15(11(2)17)12-5-7-13(16)8-6-12/h5-11,15H,3-4,17H2,1-2H3. The molecule has 0 saturated carbocycles. The van der Waals surface area contributed by atoms with Gasteiger partial charge in [0, 0.05) is 29.9 Å². The second-order valence-corrected chi connectivity index (χ2v) is 5.29. The van der Waals surface area contributed by atoms with Crippen LogP contribution in [0.5, 0.6) is 0 Å². The lowest BCUT2D eigenvalue weighted by atomic mass is 10.0. The fraction of sp³-hybridized carbons (Fsp3) is 0.400. The van der Waals surface area contributed by atoms with E-state index >= 15 is 0 Å². The molecule has 0 bridgehead atoms. The van der Waals surface area contributed by atoms with Gasteiger partial charge in [0.15, 0.2) is 0 Å². The summed E-state index contributed by atoms with van der Waals surface area (Å²) in [4.78, 5) is 4.43. The molecule has 0 fully saturated rings. The van der Waals surface area contributed by atoms with Crippen molar-refractivity contribution < 1.29 is 0 Å². The van der Waals surface area contributed by atoms with Gasteiger partial charge in [-0.2, -0.15) is 0 Å². The molecule has 1 heterocycles. The lowest BCUT2D eigenvalue weighted by Crippen LogP contribution is -2.31. The van der Waals surface area contributed by atoms with Crippen molar-refractivity contribution in [2.45, 2.75) is 38.8 Å². The van der Waals surface area contributed by atoms with Crippen LogP contribution in [0, 0.1) is 0 Å². The van der Waals surface area contributed by atoms with Gasteiger partial charge in [0.2, 0.25) is 0 Å². The molecule has 4 heteroatoms. The molecule has 0 saturated heterocycles.